The van der Waals surface area contributed by atoms with Gasteiger partial charge in [0, 0.05) is 11.6 Å². The van der Waals surface area contributed by atoms with Gasteiger partial charge >= 0.3 is 5.97 Å². The highest BCUT2D eigenvalue weighted by Gasteiger charge is 2.14. The Morgan fingerprint density at radius 3 is 2.78 bits per heavy atom. The molecule has 0 unspecified atom stereocenters. The van der Waals surface area contributed by atoms with Gasteiger partial charge < -0.3 is 4.74 Å². The highest BCUT2D eigenvalue weighted by atomic mass is 19.1. The second-order valence-electron chi connectivity index (χ2n) is 5.29. The monoisotopic (exact) mass is 312 g/mol. The molecular formula is C19H14F2O2. The third kappa shape index (κ3) is 3.21. The van der Waals surface area contributed by atoms with Gasteiger partial charge in [0.15, 0.2) is 0 Å². The van der Waals surface area contributed by atoms with Crippen LogP contribution in [0.4, 0.5) is 8.78 Å². The van der Waals surface area contributed by atoms with Crippen LogP contribution >= 0.6 is 0 Å². The van der Waals surface area contributed by atoms with E-state index in [-0.39, 0.29) is 5.56 Å². The van der Waals surface area contributed by atoms with Crippen LogP contribution in [0.15, 0.2) is 54.1 Å². The second kappa shape index (κ2) is 6.16. The molecule has 1 aliphatic rings. The van der Waals surface area contributed by atoms with Gasteiger partial charge in [0.2, 0.25) is 0 Å². The highest BCUT2D eigenvalue weighted by Crippen LogP contribution is 2.31. The number of hydrogen-bond acceptors (Lipinski definition) is 2. The van der Waals surface area contributed by atoms with Crippen molar-refractivity contribution >= 4 is 12.0 Å². The van der Waals surface area contributed by atoms with Gasteiger partial charge in [-0.15, -0.1) is 0 Å². The summed E-state index contributed by atoms with van der Waals surface area (Å²) in [5.74, 6) is -1.34. The van der Waals surface area contributed by atoms with Crippen molar-refractivity contribution in [2.75, 3.05) is 7.11 Å². The molecule has 3 rings (SSSR count). The van der Waals surface area contributed by atoms with Gasteiger partial charge in [-0.3, -0.25) is 0 Å². The molecule has 0 N–H and O–H groups in total. The number of rotatable bonds is 3. The molecule has 2 aromatic rings. The van der Waals surface area contributed by atoms with Crippen molar-refractivity contribution in [3.8, 4) is 11.1 Å². The molecule has 0 bridgehead atoms. The summed E-state index contributed by atoms with van der Waals surface area (Å²) in [6.45, 7) is 0. The zero-order valence-electron chi connectivity index (χ0n) is 12.5. The summed E-state index contributed by atoms with van der Waals surface area (Å²) in [6.07, 6.45) is 5.66. The van der Waals surface area contributed by atoms with Crippen LogP contribution in [0.1, 0.15) is 11.1 Å². The van der Waals surface area contributed by atoms with Crippen LogP contribution in [0, 0.1) is 11.6 Å². The van der Waals surface area contributed by atoms with Crippen molar-refractivity contribution in [2.24, 2.45) is 0 Å². The Hall–Kier alpha value is -2.75. The molecule has 0 saturated heterocycles. The van der Waals surface area contributed by atoms with Crippen molar-refractivity contribution < 1.29 is 18.3 Å². The minimum absolute atomic E-state index is 0.242. The maximum absolute atomic E-state index is 13.9. The van der Waals surface area contributed by atoms with Crippen LogP contribution in [-0.4, -0.2) is 13.1 Å². The average molecular weight is 312 g/mol. The van der Waals surface area contributed by atoms with Crippen LogP contribution < -0.4 is 0 Å². The summed E-state index contributed by atoms with van der Waals surface area (Å²) in [4.78, 5) is 11.1. The summed E-state index contributed by atoms with van der Waals surface area (Å²) < 4.78 is 31.8. The molecule has 4 heteroatoms. The summed E-state index contributed by atoms with van der Waals surface area (Å²) in [7, 11) is 1.32. The zero-order valence-corrected chi connectivity index (χ0v) is 12.5. The molecule has 0 aliphatic heterocycles. The van der Waals surface area contributed by atoms with E-state index in [2.05, 4.69) is 4.74 Å². The van der Waals surface area contributed by atoms with E-state index in [9.17, 15) is 13.6 Å². The summed E-state index contributed by atoms with van der Waals surface area (Å²) in [5, 5.41) is 0. The van der Waals surface area contributed by atoms with Crippen molar-refractivity contribution in [1.82, 2.24) is 0 Å². The Kier molecular flexibility index (Phi) is 4.06. The fourth-order valence-electron chi connectivity index (χ4n) is 2.61. The maximum atomic E-state index is 13.9. The number of halogens is 2. The molecule has 0 radical (unpaired) electrons. The van der Waals surface area contributed by atoms with E-state index in [4.69, 9.17) is 0 Å². The smallest absolute Gasteiger partial charge is 0.330 e. The van der Waals surface area contributed by atoms with Gasteiger partial charge in [-0.05, 0) is 46.9 Å². The molecule has 0 atom stereocenters. The third-order valence-corrected chi connectivity index (χ3v) is 3.75. The summed E-state index contributed by atoms with van der Waals surface area (Å²) in [5.41, 5.74) is 3.85. The maximum Gasteiger partial charge on any atom is 0.330 e. The lowest BCUT2D eigenvalue weighted by atomic mass is 9.99. The van der Waals surface area contributed by atoms with Crippen LogP contribution in [0.5, 0.6) is 0 Å². The molecule has 0 saturated carbocycles. The minimum atomic E-state index is -0.471. The second-order valence-corrected chi connectivity index (χ2v) is 5.29. The lowest BCUT2D eigenvalue weighted by molar-refractivity contribution is -0.134. The number of fused-ring (bicyclic) bond motifs is 1. The Balaban J connectivity index is 1.87. The molecule has 116 valence electrons. The fourth-order valence-corrected chi connectivity index (χ4v) is 2.61. The molecule has 0 aromatic heterocycles. The molecule has 0 spiro atoms. The number of benzene rings is 2. The quantitative estimate of drug-likeness (QED) is 0.624. The molecule has 0 fully saturated rings. The Labute approximate surface area is 132 Å². The predicted molar refractivity (Wildman–Crippen MR) is 84.6 cm³/mol. The van der Waals surface area contributed by atoms with E-state index in [1.165, 1.54) is 19.3 Å². The molecule has 1 aliphatic carbocycles. The Morgan fingerprint density at radius 1 is 1.17 bits per heavy atom. The van der Waals surface area contributed by atoms with E-state index >= 15 is 0 Å². The molecular weight excluding hydrogens is 298 g/mol. The van der Waals surface area contributed by atoms with Gasteiger partial charge in [-0.1, -0.05) is 30.4 Å². The normalized spacial score (nSPS) is 13.1. The fraction of sp³-hybridized carbons (Fsp3) is 0.105. The van der Waals surface area contributed by atoms with Crippen LogP contribution in [0.2, 0.25) is 0 Å². The SMILES string of the molecule is COC(=O)/C=C/C1=Cc2ccc(-c3cc(F)ccc3F)cc2C1. The van der Waals surface area contributed by atoms with E-state index in [0.717, 1.165) is 28.8 Å². The summed E-state index contributed by atoms with van der Waals surface area (Å²) in [6, 6.07) is 8.90. The van der Waals surface area contributed by atoms with Crippen LogP contribution in [0.25, 0.3) is 17.2 Å². The zero-order chi connectivity index (χ0) is 16.4. The van der Waals surface area contributed by atoms with Crippen LogP contribution in [-0.2, 0) is 16.0 Å². The first-order chi connectivity index (χ1) is 11.1. The number of ether oxygens (including phenoxy) is 1. The van der Waals surface area contributed by atoms with Gasteiger partial charge in [0.05, 0.1) is 7.11 Å². The number of methoxy groups -OCH3 is 1. The van der Waals surface area contributed by atoms with E-state index in [1.54, 1.807) is 12.1 Å². The number of carbonyl (C=O) groups is 1. The number of carbonyl (C=O) groups excluding carboxylic acids is 1. The first kappa shape index (κ1) is 15.2. The standard InChI is InChI=1S/C19H14F2O2/c1-23-19(22)7-2-12-8-13-3-4-14(10-15(13)9-12)17-11-16(20)5-6-18(17)21/h2-8,10-11H,9H2,1H3/b7-2+. The molecule has 23 heavy (non-hydrogen) atoms. The van der Waals surface area contributed by atoms with Gasteiger partial charge in [-0.25, -0.2) is 13.6 Å². The number of allylic oxidation sites excluding steroid dienone is 2. The van der Waals surface area contributed by atoms with Gasteiger partial charge in [0.25, 0.3) is 0 Å². The van der Waals surface area contributed by atoms with Gasteiger partial charge in [0.1, 0.15) is 11.6 Å². The highest BCUT2D eigenvalue weighted by molar-refractivity contribution is 5.83. The molecule has 0 heterocycles. The lowest BCUT2D eigenvalue weighted by Gasteiger charge is -2.06. The largest absolute Gasteiger partial charge is 0.466 e. The average Bonchev–Trinajstić information content (AvgIpc) is 2.96. The van der Waals surface area contributed by atoms with E-state index < -0.39 is 17.6 Å². The Bertz CT molecular complexity index is 835. The lowest BCUT2D eigenvalue weighted by Crippen LogP contribution is -1.94. The van der Waals surface area contributed by atoms with Gasteiger partial charge in [-0.2, -0.15) is 0 Å². The molecule has 0 amide bonds. The van der Waals surface area contributed by atoms with Crippen molar-refractivity contribution in [1.29, 1.82) is 0 Å². The predicted octanol–water partition coefficient (Wildman–Crippen LogP) is 4.30. The van der Waals surface area contributed by atoms with Crippen molar-refractivity contribution in [3.63, 3.8) is 0 Å². The summed E-state index contributed by atoms with van der Waals surface area (Å²) >= 11 is 0. The number of esters is 1. The van der Waals surface area contributed by atoms with E-state index in [0.29, 0.717) is 12.0 Å². The van der Waals surface area contributed by atoms with Crippen molar-refractivity contribution in [3.05, 3.63) is 76.9 Å². The topological polar surface area (TPSA) is 26.3 Å². The third-order valence-electron chi connectivity index (χ3n) is 3.75. The minimum Gasteiger partial charge on any atom is -0.466 e. The van der Waals surface area contributed by atoms with E-state index in [1.807, 2.05) is 18.2 Å². The Morgan fingerprint density at radius 2 is 2.00 bits per heavy atom. The number of hydrogen-bond donors (Lipinski definition) is 0. The first-order valence-corrected chi connectivity index (χ1v) is 7.12. The van der Waals surface area contributed by atoms with Crippen LogP contribution in [0.3, 0.4) is 0 Å². The van der Waals surface area contributed by atoms with Crippen molar-refractivity contribution in [2.45, 2.75) is 6.42 Å². The first-order valence-electron chi connectivity index (χ1n) is 7.12. The molecule has 2 aromatic carbocycles. The molecule has 2 nitrogen and oxygen atoms in total.